The first-order chi connectivity index (χ1) is 27.0. The maximum Gasteiger partial charge on any atom is 0.295 e. The number of rotatable bonds is 11. The van der Waals surface area contributed by atoms with Crippen LogP contribution in [0.15, 0.2) is 140 Å². The van der Waals surface area contributed by atoms with Gasteiger partial charge in [-0.2, -0.15) is 9.13 Å². The van der Waals surface area contributed by atoms with Crippen LogP contribution in [0, 0.1) is 6.92 Å². The van der Waals surface area contributed by atoms with Crippen LogP contribution in [0.25, 0.3) is 50.5 Å². The molecule has 0 aliphatic carbocycles. The van der Waals surface area contributed by atoms with E-state index in [0.717, 1.165) is 25.8 Å². The van der Waals surface area contributed by atoms with E-state index >= 15 is 0 Å². The maximum absolute atomic E-state index is 2.85. The molecule has 0 N–H and O–H groups in total. The minimum Gasteiger partial charge on any atom is -0.216 e. The molecular weight excluding hydrogens is 667 g/mol. The number of nitrogens with zero attached hydrogens (tertiary/aromatic N) is 3. The first-order valence-electron chi connectivity index (χ1n) is 20.9. The molecule has 0 saturated carbocycles. The van der Waals surface area contributed by atoms with Crippen molar-refractivity contribution in [3.63, 3.8) is 0 Å². The van der Waals surface area contributed by atoms with Gasteiger partial charge in [-0.15, -0.1) is 0 Å². The van der Waals surface area contributed by atoms with E-state index in [1.807, 2.05) is 0 Å². The summed E-state index contributed by atoms with van der Waals surface area (Å²) in [6.07, 6.45) is 10.3. The summed E-state index contributed by atoms with van der Waals surface area (Å²) in [5.41, 5.74) is 16.0. The molecule has 55 heavy (non-hydrogen) atoms. The zero-order chi connectivity index (χ0) is 37.7. The molecule has 0 fully saturated rings. The van der Waals surface area contributed by atoms with E-state index in [4.69, 9.17) is 0 Å². The van der Waals surface area contributed by atoms with Crippen LogP contribution in [0.3, 0.4) is 0 Å². The number of unbranched alkanes of at least 4 members (excludes halogenated alkanes) is 2. The van der Waals surface area contributed by atoms with Gasteiger partial charge >= 0.3 is 0 Å². The number of para-hydroxylation sites is 2. The summed E-state index contributed by atoms with van der Waals surface area (Å²) < 4.78 is 8.06. The average Bonchev–Trinajstić information content (AvgIpc) is 3.59. The van der Waals surface area contributed by atoms with Crippen molar-refractivity contribution >= 4 is 11.0 Å². The van der Waals surface area contributed by atoms with Gasteiger partial charge in [0.1, 0.15) is 11.2 Å². The number of aromatic nitrogens is 3. The van der Waals surface area contributed by atoms with Gasteiger partial charge in [0.15, 0.2) is 23.8 Å². The van der Waals surface area contributed by atoms with Gasteiger partial charge in [0.05, 0.1) is 12.0 Å². The highest BCUT2D eigenvalue weighted by Crippen LogP contribution is 2.55. The quantitative estimate of drug-likeness (QED) is 0.0932. The number of fused-ring (bicyclic) bond motifs is 7. The number of hydrogen-bond donors (Lipinski definition) is 0. The molecule has 3 heteroatoms. The van der Waals surface area contributed by atoms with Gasteiger partial charge in [-0.25, -0.2) is 4.57 Å². The van der Waals surface area contributed by atoms with E-state index in [0.29, 0.717) is 5.92 Å². The molecule has 7 aromatic rings. The number of benzene rings is 5. The van der Waals surface area contributed by atoms with Gasteiger partial charge in [-0.05, 0) is 78.8 Å². The SMILES string of the molecule is CCCCCC1c2ccccc2-n2c3[n+](c4cccc1c42)C(CC)(CC[n+]1ccccc1-c1cc(-c2ccccc2)ccc1C)C(C)(CC)c1ccccc1-3. The highest BCUT2D eigenvalue weighted by Gasteiger charge is 2.60. The van der Waals surface area contributed by atoms with Gasteiger partial charge in [-0.1, -0.05) is 138 Å². The Hall–Kier alpha value is -5.28. The molecule has 0 saturated heterocycles. The lowest BCUT2D eigenvalue weighted by Crippen LogP contribution is -2.70. The fourth-order valence-electron chi connectivity index (χ4n) is 10.8. The fourth-order valence-corrected chi connectivity index (χ4v) is 10.8. The Bertz CT molecular complexity index is 2530. The molecule has 0 bridgehead atoms. The summed E-state index contributed by atoms with van der Waals surface area (Å²) in [7, 11) is 0. The third kappa shape index (κ3) is 5.37. The van der Waals surface area contributed by atoms with E-state index in [1.165, 1.54) is 98.4 Å². The molecule has 3 atom stereocenters. The standard InChI is InChI=1S/C52H55N3/c1-6-9-11-23-40-41-24-15-17-29-47(41)54-49-42(40)26-20-30-48(49)55-50(54)43-25-14-16-27-45(43)51(5,7-2)52(55,8-3)33-35-53-34-19-18-28-46(53)44-36-39(32-31-37(44)4)38-21-12-10-13-22-38/h10,12-22,24-32,34,36,40H,6-9,11,23,33,35H2,1-5H3/q+2. The minimum absolute atomic E-state index is 0.0993. The fraction of sp³-hybridized carbons (Fsp3) is 0.308. The molecule has 2 aliphatic heterocycles. The average molecular weight is 722 g/mol. The Balaban J connectivity index is 1.25. The third-order valence-corrected chi connectivity index (χ3v) is 13.8. The molecular formula is C52H55N3+2. The monoisotopic (exact) mass is 721 g/mol. The molecule has 0 amide bonds. The van der Waals surface area contributed by atoms with Gasteiger partial charge in [0.2, 0.25) is 5.69 Å². The predicted molar refractivity (Wildman–Crippen MR) is 228 cm³/mol. The van der Waals surface area contributed by atoms with Crippen LogP contribution in [0.2, 0.25) is 0 Å². The van der Waals surface area contributed by atoms with Gasteiger partial charge in [-0.3, -0.25) is 0 Å². The van der Waals surface area contributed by atoms with Crippen molar-refractivity contribution in [1.29, 1.82) is 0 Å². The van der Waals surface area contributed by atoms with Crippen molar-refractivity contribution in [2.45, 2.75) is 103 Å². The van der Waals surface area contributed by atoms with Gasteiger partial charge in [0.25, 0.3) is 5.82 Å². The van der Waals surface area contributed by atoms with Crippen molar-refractivity contribution < 1.29 is 9.13 Å². The third-order valence-electron chi connectivity index (χ3n) is 13.8. The topological polar surface area (TPSA) is 12.7 Å². The van der Waals surface area contributed by atoms with E-state index < -0.39 is 0 Å². The Labute approximate surface area is 328 Å². The lowest BCUT2D eigenvalue weighted by molar-refractivity contribution is -0.764. The first-order valence-corrected chi connectivity index (χ1v) is 20.9. The van der Waals surface area contributed by atoms with Crippen molar-refractivity contribution in [2.75, 3.05) is 0 Å². The second-order valence-corrected chi connectivity index (χ2v) is 16.4. The zero-order valence-electron chi connectivity index (χ0n) is 33.4. The number of imidazole rings is 1. The van der Waals surface area contributed by atoms with E-state index in [9.17, 15) is 0 Å². The van der Waals surface area contributed by atoms with E-state index in [2.05, 4.69) is 188 Å². The molecule has 5 aromatic carbocycles. The van der Waals surface area contributed by atoms with Crippen molar-refractivity contribution in [3.05, 3.63) is 162 Å². The molecule has 0 radical (unpaired) electrons. The van der Waals surface area contributed by atoms with Crippen LogP contribution < -0.4 is 9.13 Å². The minimum atomic E-state index is -0.189. The highest BCUT2D eigenvalue weighted by atomic mass is 15.2. The summed E-state index contributed by atoms with van der Waals surface area (Å²) in [6.45, 7) is 12.9. The summed E-state index contributed by atoms with van der Waals surface area (Å²) in [5.74, 6) is 1.74. The second-order valence-electron chi connectivity index (χ2n) is 16.4. The summed E-state index contributed by atoms with van der Waals surface area (Å²) in [6, 6.07) is 50.4. The van der Waals surface area contributed by atoms with Crippen LogP contribution in [0.5, 0.6) is 0 Å². The Kier molecular flexibility index (Phi) is 9.08. The van der Waals surface area contributed by atoms with Crippen LogP contribution in [0.1, 0.15) is 101 Å². The summed E-state index contributed by atoms with van der Waals surface area (Å²) >= 11 is 0. The van der Waals surface area contributed by atoms with Crippen LogP contribution >= 0.6 is 0 Å². The van der Waals surface area contributed by atoms with Crippen molar-refractivity contribution in [1.82, 2.24) is 4.57 Å². The van der Waals surface area contributed by atoms with Crippen molar-refractivity contribution in [2.24, 2.45) is 0 Å². The number of hydrogen-bond acceptors (Lipinski definition) is 0. The Morgan fingerprint density at radius 2 is 1.44 bits per heavy atom. The second kappa shape index (κ2) is 14.1. The molecule has 0 spiro atoms. The van der Waals surface area contributed by atoms with Gasteiger partial charge in [0, 0.05) is 40.2 Å². The largest absolute Gasteiger partial charge is 0.295 e. The smallest absolute Gasteiger partial charge is 0.216 e. The molecule has 2 aliphatic rings. The molecule has 2 aromatic heterocycles. The Morgan fingerprint density at radius 1 is 0.673 bits per heavy atom. The first kappa shape index (κ1) is 35.4. The molecule has 4 heterocycles. The normalized spacial score (nSPS) is 19.5. The van der Waals surface area contributed by atoms with Crippen LogP contribution in [0.4, 0.5) is 0 Å². The van der Waals surface area contributed by atoms with Crippen LogP contribution in [-0.4, -0.2) is 4.57 Å². The molecule has 9 rings (SSSR count). The molecule has 276 valence electrons. The zero-order valence-corrected chi connectivity index (χ0v) is 33.4. The number of pyridine rings is 1. The Morgan fingerprint density at radius 3 is 2.25 bits per heavy atom. The predicted octanol–water partition coefficient (Wildman–Crippen LogP) is 12.4. The van der Waals surface area contributed by atoms with Gasteiger partial charge < -0.3 is 0 Å². The van der Waals surface area contributed by atoms with Crippen LogP contribution in [-0.2, 0) is 17.5 Å². The van der Waals surface area contributed by atoms with E-state index in [1.54, 1.807) is 0 Å². The summed E-state index contributed by atoms with van der Waals surface area (Å²) in [4.78, 5) is 0. The maximum atomic E-state index is 2.85. The van der Waals surface area contributed by atoms with E-state index in [-0.39, 0.29) is 11.0 Å². The number of aryl methyl sites for hydroxylation is 2. The van der Waals surface area contributed by atoms with Crippen molar-refractivity contribution in [3.8, 4) is 39.5 Å². The lowest BCUT2D eigenvalue weighted by atomic mass is 9.59. The lowest BCUT2D eigenvalue weighted by Gasteiger charge is -2.49. The highest BCUT2D eigenvalue weighted by molar-refractivity contribution is 5.87. The molecule has 3 nitrogen and oxygen atoms in total. The summed E-state index contributed by atoms with van der Waals surface area (Å²) in [5, 5.41) is 0. The molecule has 3 unspecified atom stereocenters.